The average Bonchev–Trinajstić information content (AvgIpc) is 2.54. The molecule has 0 aliphatic heterocycles. The summed E-state index contributed by atoms with van der Waals surface area (Å²) >= 11 is 0. The third kappa shape index (κ3) is 2.22. The van der Waals surface area contributed by atoms with E-state index in [0.717, 1.165) is 28.9 Å². The van der Waals surface area contributed by atoms with Crippen LogP contribution in [0.25, 0.3) is 11.3 Å². The lowest BCUT2D eigenvalue weighted by Gasteiger charge is -2.06. The molecule has 17 heavy (non-hydrogen) atoms. The maximum atomic E-state index is 13.3. The van der Waals surface area contributed by atoms with Crippen molar-refractivity contribution >= 4 is 0 Å². The minimum absolute atomic E-state index is 0.236. The minimum atomic E-state index is -0.236. The van der Waals surface area contributed by atoms with Crippen LogP contribution < -0.4 is 5.73 Å². The van der Waals surface area contributed by atoms with Crippen LogP contribution in [0.4, 0.5) is 4.39 Å². The third-order valence-corrected chi connectivity index (χ3v) is 2.84. The molecular formula is C13H16FN3. The molecule has 2 rings (SSSR count). The molecule has 0 saturated carbocycles. The quantitative estimate of drug-likeness (QED) is 0.881. The highest BCUT2D eigenvalue weighted by Crippen LogP contribution is 2.26. The second-order valence-electron chi connectivity index (χ2n) is 4.09. The van der Waals surface area contributed by atoms with Gasteiger partial charge in [-0.3, -0.25) is 4.68 Å². The van der Waals surface area contributed by atoms with Crippen LogP contribution >= 0.6 is 0 Å². The Balaban J connectivity index is 2.57. The lowest BCUT2D eigenvalue weighted by atomic mass is 10.0. The molecule has 0 amide bonds. The zero-order chi connectivity index (χ0) is 12.4. The number of hydrogen-bond donors (Lipinski definition) is 1. The van der Waals surface area contributed by atoms with Gasteiger partial charge in [-0.25, -0.2) is 4.39 Å². The van der Waals surface area contributed by atoms with Crippen LogP contribution in [-0.2, 0) is 13.5 Å². The van der Waals surface area contributed by atoms with E-state index in [9.17, 15) is 4.39 Å². The van der Waals surface area contributed by atoms with Gasteiger partial charge >= 0.3 is 0 Å². The van der Waals surface area contributed by atoms with Gasteiger partial charge in [0.05, 0.1) is 11.4 Å². The molecule has 1 aromatic carbocycles. The highest BCUT2D eigenvalue weighted by atomic mass is 19.1. The molecule has 2 aromatic rings. The number of nitrogens with zero attached hydrogens (tertiary/aromatic N) is 2. The molecule has 2 N–H and O–H groups in total. The van der Waals surface area contributed by atoms with Crippen molar-refractivity contribution in [1.82, 2.24) is 9.78 Å². The Labute approximate surface area is 100 Å². The van der Waals surface area contributed by atoms with Crippen molar-refractivity contribution in [2.75, 3.05) is 6.54 Å². The summed E-state index contributed by atoms with van der Waals surface area (Å²) in [7, 11) is 1.87. The van der Waals surface area contributed by atoms with Crippen LogP contribution in [0.15, 0.2) is 24.3 Å². The van der Waals surface area contributed by atoms with Crippen LogP contribution in [0.3, 0.4) is 0 Å². The Morgan fingerprint density at radius 2 is 2.18 bits per heavy atom. The standard InChI is InChI=1S/C13H16FN3/c1-9-12(6-7-15)13(17(2)16-9)10-4-3-5-11(14)8-10/h3-5,8H,6-7,15H2,1-2H3. The summed E-state index contributed by atoms with van der Waals surface area (Å²) in [5.74, 6) is -0.236. The van der Waals surface area contributed by atoms with E-state index >= 15 is 0 Å². The van der Waals surface area contributed by atoms with Crippen molar-refractivity contribution in [2.24, 2.45) is 12.8 Å². The predicted molar refractivity (Wildman–Crippen MR) is 66.1 cm³/mol. The van der Waals surface area contributed by atoms with Crippen LogP contribution in [0.2, 0.25) is 0 Å². The predicted octanol–water partition coefficient (Wildman–Crippen LogP) is 2.04. The van der Waals surface area contributed by atoms with E-state index in [1.54, 1.807) is 10.7 Å². The van der Waals surface area contributed by atoms with Gasteiger partial charge in [0.2, 0.25) is 0 Å². The first kappa shape index (κ1) is 11.8. The van der Waals surface area contributed by atoms with Gasteiger partial charge in [0.15, 0.2) is 0 Å². The molecule has 3 nitrogen and oxygen atoms in total. The van der Waals surface area contributed by atoms with E-state index in [0.29, 0.717) is 6.54 Å². The zero-order valence-corrected chi connectivity index (χ0v) is 10.1. The van der Waals surface area contributed by atoms with Crippen molar-refractivity contribution in [2.45, 2.75) is 13.3 Å². The highest BCUT2D eigenvalue weighted by molar-refractivity contribution is 5.64. The second-order valence-corrected chi connectivity index (χ2v) is 4.09. The van der Waals surface area contributed by atoms with E-state index in [2.05, 4.69) is 5.10 Å². The molecule has 0 bridgehead atoms. The Morgan fingerprint density at radius 1 is 1.41 bits per heavy atom. The van der Waals surface area contributed by atoms with Gasteiger partial charge in [0, 0.05) is 18.2 Å². The molecule has 0 radical (unpaired) electrons. The summed E-state index contributed by atoms with van der Waals surface area (Å²) in [5.41, 5.74) is 9.45. The smallest absolute Gasteiger partial charge is 0.123 e. The van der Waals surface area contributed by atoms with E-state index in [1.165, 1.54) is 12.1 Å². The summed E-state index contributed by atoms with van der Waals surface area (Å²) in [6, 6.07) is 6.56. The Bertz CT molecular complexity index is 531. The molecule has 0 unspecified atom stereocenters. The summed E-state index contributed by atoms with van der Waals surface area (Å²) < 4.78 is 15.0. The van der Waals surface area contributed by atoms with Crippen molar-refractivity contribution in [3.63, 3.8) is 0 Å². The number of aromatic nitrogens is 2. The molecule has 0 saturated heterocycles. The molecule has 1 heterocycles. The van der Waals surface area contributed by atoms with Crippen LogP contribution in [0.1, 0.15) is 11.3 Å². The van der Waals surface area contributed by atoms with E-state index in [4.69, 9.17) is 5.73 Å². The van der Waals surface area contributed by atoms with Gasteiger partial charge in [-0.1, -0.05) is 12.1 Å². The number of halogens is 1. The number of hydrogen-bond acceptors (Lipinski definition) is 2. The lowest BCUT2D eigenvalue weighted by molar-refractivity contribution is 0.628. The normalized spacial score (nSPS) is 10.8. The molecule has 4 heteroatoms. The van der Waals surface area contributed by atoms with Gasteiger partial charge in [-0.05, 0) is 32.0 Å². The Morgan fingerprint density at radius 3 is 2.82 bits per heavy atom. The monoisotopic (exact) mass is 233 g/mol. The van der Waals surface area contributed by atoms with E-state index in [-0.39, 0.29) is 5.82 Å². The fraction of sp³-hybridized carbons (Fsp3) is 0.308. The molecule has 0 fully saturated rings. The molecule has 0 aliphatic carbocycles. The molecule has 0 spiro atoms. The fourth-order valence-electron chi connectivity index (χ4n) is 2.14. The Kier molecular flexibility index (Phi) is 3.24. The van der Waals surface area contributed by atoms with Crippen molar-refractivity contribution in [3.05, 3.63) is 41.3 Å². The molecule has 0 aliphatic rings. The maximum Gasteiger partial charge on any atom is 0.123 e. The third-order valence-electron chi connectivity index (χ3n) is 2.84. The van der Waals surface area contributed by atoms with Gasteiger partial charge in [-0.2, -0.15) is 5.10 Å². The molecule has 90 valence electrons. The number of rotatable bonds is 3. The maximum absolute atomic E-state index is 13.3. The first-order valence-electron chi connectivity index (χ1n) is 5.62. The molecular weight excluding hydrogens is 217 g/mol. The van der Waals surface area contributed by atoms with Crippen molar-refractivity contribution in [3.8, 4) is 11.3 Å². The summed E-state index contributed by atoms with van der Waals surface area (Å²) in [5, 5.41) is 4.37. The number of nitrogens with two attached hydrogens (primary N) is 1. The summed E-state index contributed by atoms with van der Waals surface area (Å²) in [6.45, 7) is 2.52. The number of aryl methyl sites for hydroxylation is 2. The first-order valence-corrected chi connectivity index (χ1v) is 5.62. The van der Waals surface area contributed by atoms with Gasteiger partial charge in [-0.15, -0.1) is 0 Å². The van der Waals surface area contributed by atoms with Crippen molar-refractivity contribution in [1.29, 1.82) is 0 Å². The van der Waals surface area contributed by atoms with E-state index < -0.39 is 0 Å². The van der Waals surface area contributed by atoms with Crippen molar-refractivity contribution < 1.29 is 4.39 Å². The summed E-state index contributed by atoms with van der Waals surface area (Å²) in [4.78, 5) is 0. The summed E-state index contributed by atoms with van der Waals surface area (Å²) in [6.07, 6.45) is 0.755. The van der Waals surface area contributed by atoms with E-state index in [1.807, 2.05) is 20.0 Å². The topological polar surface area (TPSA) is 43.8 Å². The molecule has 0 atom stereocenters. The lowest BCUT2D eigenvalue weighted by Crippen LogP contribution is -2.04. The average molecular weight is 233 g/mol. The van der Waals surface area contributed by atoms with Gasteiger partial charge in [0.1, 0.15) is 5.82 Å². The van der Waals surface area contributed by atoms with Crippen LogP contribution in [0.5, 0.6) is 0 Å². The SMILES string of the molecule is Cc1nn(C)c(-c2cccc(F)c2)c1CCN. The zero-order valence-electron chi connectivity index (χ0n) is 10.1. The van der Waals surface area contributed by atoms with Crippen LogP contribution in [-0.4, -0.2) is 16.3 Å². The molecule has 1 aromatic heterocycles. The Hall–Kier alpha value is -1.68. The minimum Gasteiger partial charge on any atom is -0.330 e. The van der Waals surface area contributed by atoms with Gasteiger partial charge in [0.25, 0.3) is 0 Å². The first-order chi connectivity index (χ1) is 8.13. The largest absolute Gasteiger partial charge is 0.330 e. The fourth-order valence-corrected chi connectivity index (χ4v) is 2.14. The number of benzene rings is 1. The van der Waals surface area contributed by atoms with Crippen LogP contribution in [0, 0.1) is 12.7 Å². The highest BCUT2D eigenvalue weighted by Gasteiger charge is 2.14. The second kappa shape index (κ2) is 4.67. The van der Waals surface area contributed by atoms with Gasteiger partial charge < -0.3 is 5.73 Å².